The van der Waals surface area contributed by atoms with E-state index in [-0.39, 0.29) is 6.04 Å². The van der Waals surface area contributed by atoms with Gasteiger partial charge in [0.15, 0.2) is 0 Å². The molecule has 1 aromatic carbocycles. The lowest BCUT2D eigenvalue weighted by molar-refractivity contribution is 0.0768. The van der Waals surface area contributed by atoms with Gasteiger partial charge in [0, 0.05) is 6.54 Å². The molecule has 0 aliphatic carbocycles. The zero-order valence-corrected chi connectivity index (χ0v) is 10.0. The van der Waals surface area contributed by atoms with Gasteiger partial charge in [0.1, 0.15) is 4.90 Å². The highest BCUT2D eigenvalue weighted by atomic mass is 32.5. The van der Waals surface area contributed by atoms with Crippen LogP contribution in [-0.2, 0) is 4.74 Å². The summed E-state index contributed by atoms with van der Waals surface area (Å²) in [7, 11) is -9.56. The van der Waals surface area contributed by atoms with Crippen LogP contribution < -0.4 is 5.32 Å². The SMILES string of the molecule is FS(F)(F)(F)(F)c1ccc(C2COCCN2)cc1. The van der Waals surface area contributed by atoms with Gasteiger partial charge in [-0.1, -0.05) is 31.6 Å². The van der Waals surface area contributed by atoms with Gasteiger partial charge in [-0.2, -0.15) is 0 Å². The molecule has 1 aromatic rings. The van der Waals surface area contributed by atoms with Crippen LogP contribution in [0, 0.1) is 0 Å². The molecule has 1 fully saturated rings. The van der Waals surface area contributed by atoms with Crippen LogP contribution in [0.2, 0.25) is 0 Å². The van der Waals surface area contributed by atoms with Crippen LogP contribution >= 0.6 is 10.2 Å². The quantitative estimate of drug-likeness (QED) is 0.831. The summed E-state index contributed by atoms with van der Waals surface area (Å²) in [6.45, 7) is 1.42. The van der Waals surface area contributed by atoms with Crippen molar-refractivity contribution >= 4 is 10.2 Å². The molecule has 2 rings (SSSR count). The van der Waals surface area contributed by atoms with Crippen molar-refractivity contribution in [2.24, 2.45) is 0 Å². The van der Waals surface area contributed by atoms with Gasteiger partial charge in [-0.15, -0.1) is 0 Å². The summed E-state index contributed by atoms with van der Waals surface area (Å²) >= 11 is 0. The number of rotatable bonds is 2. The summed E-state index contributed by atoms with van der Waals surface area (Å²) in [4.78, 5) is -1.87. The van der Waals surface area contributed by atoms with Crippen molar-refractivity contribution in [1.29, 1.82) is 0 Å². The van der Waals surface area contributed by atoms with Crippen LogP contribution in [0.3, 0.4) is 0 Å². The molecule has 2 nitrogen and oxygen atoms in total. The second-order valence-corrected chi connectivity index (χ2v) is 6.53. The molecule has 0 radical (unpaired) electrons. The van der Waals surface area contributed by atoms with Gasteiger partial charge in [0.25, 0.3) is 0 Å². The maximum Gasteiger partial charge on any atom is 0.310 e. The minimum atomic E-state index is -9.56. The fraction of sp³-hybridized carbons (Fsp3) is 0.400. The van der Waals surface area contributed by atoms with Gasteiger partial charge in [-0.05, 0) is 17.7 Å². The molecule has 0 saturated carbocycles. The number of hydrogen-bond donors (Lipinski definition) is 1. The fourth-order valence-electron chi connectivity index (χ4n) is 1.74. The van der Waals surface area contributed by atoms with E-state index in [1.165, 1.54) is 0 Å². The highest BCUT2D eigenvalue weighted by Gasteiger charge is 2.65. The molecule has 0 amide bonds. The number of ether oxygens (including phenoxy) is 1. The molecule has 0 aromatic heterocycles. The Bertz CT molecular complexity index is 437. The summed E-state index contributed by atoms with van der Waals surface area (Å²) < 4.78 is 67.6. The molecule has 1 unspecified atom stereocenters. The molecule has 0 spiro atoms. The van der Waals surface area contributed by atoms with Crippen LogP contribution in [0.25, 0.3) is 0 Å². The molecule has 104 valence electrons. The Kier molecular flexibility index (Phi) is 2.70. The minimum Gasteiger partial charge on any atom is -0.378 e. The third kappa shape index (κ3) is 3.12. The summed E-state index contributed by atoms with van der Waals surface area (Å²) in [6, 6.07) is 2.70. The number of halogens is 5. The predicted octanol–water partition coefficient (Wildman–Crippen LogP) is 4.00. The zero-order chi connectivity index (χ0) is 13.5. The first kappa shape index (κ1) is 13.6. The molecule has 1 atom stereocenters. The van der Waals surface area contributed by atoms with Crippen LogP contribution in [0.5, 0.6) is 0 Å². The minimum absolute atomic E-state index is 0.258. The normalized spacial score (nSPS) is 25.3. The van der Waals surface area contributed by atoms with Crippen LogP contribution in [-0.4, -0.2) is 19.8 Å². The van der Waals surface area contributed by atoms with E-state index in [9.17, 15) is 19.4 Å². The van der Waals surface area contributed by atoms with Crippen molar-refractivity contribution in [2.45, 2.75) is 10.9 Å². The van der Waals surface area contributed by atoms with Gasteiger partial charge in [0.2, 0.25) is 0 Å². The maximum absolute atomic E-state index is 12.5. The van der Waals surface area contributed by atoms with Gasteiger partial charge in [-0.25, -0.2) is 0 Å². The van der Waals surface area contributed by atoms with Gasteiger partial charge >= 0.3 is 10.2 Å². The summed E-state index contributed by atoms with van der Waals surface area (Å²) in [6.07, 6.45) is 0. The average molecular weight is 289 g/mol. The first-order valence-corrected chi connectivity index (χ1v) is 7.16. The second kappa shape index (κ2) is 3.58. The molecule has 1 heterocycles. The van der Waals surface area contributed by atoms with Crippen molar-refractivity contribution in [3.05, 3.63) is 29.8 Å². The van der Waals surface area contributed by atoms with Crippen molar-refractivity contribution < 1.29 is 24.2 Å². The molecular formula is C10H12F5NOS. The Labute approximate surface area is 101 Å². The Morgan fingerprint density at radius 2 is 1.67 bits per heavy atom. The second-order valence-electron chi connectivity index (χ2n) is 4.12. The lowest BCUT2D eigenvalue weighted by Gasteiger charge is -2.40. The van der Waals surface area contributed by atoms with Crippen LogP contribution in [0.4, 0.5) is 19.4 Å². The molecular weight excluding hydrogens is 277 g/mol. The monoisotopic (exact) mass is 289 g/mol. The molecule has 0 bridgehead atoms. The zero-order valence-electron chi connectivity index (χ0n) is 9.21. The standard InChI is InChI=1S/C10H12F5NOS/c11-18(12,13,14,15)9-3-1-8(2-4-9)10-7-17-6-5-16-10/h1-4,10,16H,5-7H2. The van der Waals surface area contributed by atoms with Crippen LogP contribution in [0.15, 0.2) is 29.2 Å². The Hall–Kier alpha value is -0.860. The van der Waals surface area contributed by atoms with Crippen molar-refractivity contribution in [3.8, 4) is 0 Å². The van der Waals surface area contributed by atoms with Crippen molar-refractivity contribution in [2.75, 3.05) is 19.8 Å². The van der Waals surface area contributed by atoms with Crippen LogP contribution in [0.1, 0.15) is 11.6 Å². The highest BCUT2D eigenvalue weighted by Crippen LogP contribution is 3.02. The molecule has 1 saturated heterocycles. The highest BCUT2D eigenvalue weighted by molar-refractivity contribution is 8.45. The van der Waals surface area contributed by atoms with E-state index < -0.39 is 15.1 Å². The Morgan fingerprint density at radius 3 is 2.11 bits per heavy atom. The predicted molar refractivity (Wildman–Crippen MR) is 59.4 cm³/mol. The van der Waals surface area contributed by atoms with Gasteiger partial charge in [0.05, 0.1) is 19.3 Å². The molecule has 8 heteroatoms. The lowest BCUT2D eigenvalue weighted by Crippen LogP contribution is -2.34. The van der Waals surface area contributed by atoms with Gasteiger partial charge in [-0.3, -0.25) is 0 Å². The third-order valence-corrected chi connectivity index (χ3v) is 3.81. The number of morpholine rings is 1. The van der Waals surface area contributed by atoms with Crippen molar-refractivity contribution in [1.82, 2.24) is 5.32 Å². The van der Waals surface area contributed by atoms with E-state index in [1.807, 2.05) is 0 Å². The number of nitrogens with one attached hydrogen (secondary N) is 1. The van der Waals surface area contributed by atoms with E-state index in [1.54, 1.807) is 0 Å². The summed E-state index contributed by atoms with van der Waals surface area (Å²) in [5.41, 5.74) is 0.500. The lowest BCUT2D eigenvalue weighted by atomic mass is 10.1. The van der Waals surface area contributed by atoms with E-state index in [2.05, 4.69) is 5.32 Å². The first-order chi connectivity index (χ1) is 8.06. The van der Waals surface area contributed by atoms with E-state index in [0.717, 1.165) is 12.1 Å². The van der Waals surface area contributed by atoms with E-state index in [4.69, 9.17) is 4.74 Å². The Morgan fingerprint density at radius 1 is 1.06 bits per heavy atom. The third-order valence-electron chi connectivity index (χ3n) is 2.65. The fourth-order valence-corrected chi connectivity index (χ4v) is 2.39. The maximum atomic E-state index is 12.5. The summed E-state index contributed by atoms with van der Waals surface area (Å²) in [5.74, 6) is 0. The largest absolute Gasteiger partial charge is 0.378 e. The molecule has 18 heavy (non-hydrogen) atoms. The topological polar surface area (TPSA) is 21.3 Å². The number of hydrogen-bond acceptors (Lipinski definition) is 2. The molecule has 1 N–H and O–H groups in total. The summed E-state index contributed by atoms with van der Waals surface area (Å²) in [5, 5.41) is 3.03. The van der Waals surface area contributed by atoms with Crippen molar-refractivity contribution in [3.63, 3.8) is 0 Å². The average Bonchev–Trinajstić information content (AvgIpc) is 2.28. The molecule has 1 aliphatic rings. The first-order valence-electron chi connectivity index (χ1n) is 5.21. The van der Waals surface area contributed by atoms with Gasteiger partial charge < -0.3 is 10.1 Å². The van der Waals surface area contributed by atoms with E-state index in [0.29, 0.717) is 37.5 Å². The smallest absolute Gasteiger partial charge is 0.310 e. The van der Waals surface area contributed by atoms with E-state index >= 15 is 0 Å². The number of benzene rings is 1. The Balaban J connectivity index is 2.26. The molecule has 1 aliphatic heterocycles.